The number of rotatable bonds is 12. The second-order valence-corrected chi connectivity index (χ2v) is 9.02. The van der Waals surface area contributed by atoms with Crippen LogP contribution in [0.5, 0.6) is 0 Å². The Bertz CT molecular complexity index is 1180. The Labute approximate surface area is 222 Å². The molecule has 0 saturated carbocycles. The van der Waals surface area contributed by atoms with Crippen LogP contribution in [0.4, 0.5) is 0 Å². The zero-order valence-electron chi connectivity index (χ0n) is 21.3. The fraction of sp³-hybridized carbons (Fsp3) is 0.345. The minimum Gasteiger partial charge on any atom is -0.374 e. The first kappa shape index (κ1) is 27.3. The molecule has 198 valence electrons. The number of nitrogens with zero attached hydrogens (tertiary/aromatic N) is 3. The van der Waals surface area contributed by atoms with E-state index in [1.807, 2.05) is 91.0 Å². The summed E-state index contributed by atoms with van der Waals surface area (Å²) in [7, 11) is 0. The molecule has 0 unspecified atom stereocenters. The van der Waals surface area contributed by atoms with Gasteiger partial charge < -0.3 is 24.3 Å². The number of carbonyl (C=O) groups is 1. The van der Waals surface area contributed by atoms with Gasteiger partial charge in [0.1, 0.15) is 18.3 Å². The number of azide groups is 1. The predicted octanol–water partition coefficient (Wildman–Crippen LogP) is 4.91. The van der Waals surface area contributed by atoms with Gasteiger partial charge in [0.2, 0.25) is 5.91 Å². The van der Waals surface area contributed by atoms with Gasteiger partial charge in [-0.05, 0) is 22.2 Å². The number of nitrogens with one attached hydrogen (secondary N) is 1. The van der Waals surface area contributed by atoms with Crippen molar-refractivity contribution in [3.63, 3.8) is 0 Å². The van der Waals surface area contributed by atoms with Crippen LogP contribution in [-0.4, -0.2) is 43.1 Å². The van der Waals surface area contributed by atoms with E-state index in [-0.39, 0.29) is 19.1 Å². The van der Waals surface area contributed by atoms with Gasteiger partial charge in [0.05, 0.1) is 32.5 Å². The topological polar surface area (TPSA) is 115 Å². The molecule has 38 heavy (non-hydrogen) atoms. The van der Waals surface area contributed by atoms with Crippen LogP contribution in [0.1, 0.15) is 23.6 Å². The fourth-order valence-electron chi connectivity index (χ4n) is 4.39. The minimum absolute atomic E-state index is 0.170. The van der Waals surface area contributed by atoms with E-state index in [0.717, 1.165) is 16.7 Å². The molecule has 1 N–H and O–H groups in total. The third kappa shape index (κ3) is 7.89. The highest BCUT2D eigenvalue weighted by Crippen LogP contribution is 2.29. The molecule has 5 atom stereocenters. The molecule has 3 aromatic rings. The lowest BCUT2D eigenvalue weighted by Gasteiger charge is -2.45. The molecule has 1 amide bonds. The minimum atomic E-state index is -1.01. The number of amides is 1. The van der Waals surface area contributed by atoms with Crippen molar-refractivity contribution in [3.05, 3.63) is 118 Å². The number of benzene rings is 3. The second kappa shape index (κ2) is 14.3. The molecule has 9 heteroatoms. The molecule has 3 aromatic carbocycles. The summed E-state index contributed by atoms with van der Waals surface area (Å²) in [4.78, 5) is 15.1. The van der Waals surface area contributed by atoms with E-state index in [1.165, 1.54) is 6.92 Å². The standard InChI is InChI=1S/C29H32N4O5/c1-21(34)31-26-28(37-19-24-15-9-4-10-16-24)27(36-18-23-13-7-3-8-14-23)25(38-29(26)32-33-30)20-35-17-22-11-5-2-6-12-22/h2-16,25-29H,17-20H2,1H3,(H,31,34)/t25-,26-,27-,28-,29-/m0/s1. The SMILES string of the molecule is CC(=O)N[C@H]1[C@H](OCc2ccccc2)[C@@H](OCc2ccccc2)[C@H](COCc2ccccc2)O[C@@H]1N=[N+]=[N-]. The molecular formula is C29H32N4O5. The maximum absolute atomic E-state index is 12.2. The molecule has 1 aliphatic rings. The fourth-order valence-corrected chi connectivity index (χ4v) is 4.39. The molecule has 1 aliphatic heterocycles. The third-order valence-corrected chi connectivity index (χ3v) is 6.17. The summed E-state index contributed by atoms with van der Waals surface area (Å²) in [6.45, 7) is 2.52. The highest BCUT2D eigenvalue weighted by Gasteiger charge is 2.47. The summed E-state index contributed by atoms with van der Waals surface area (Å²) < 4.78 is 25.0. The van der Waals surface area contributed by atoms with Crippen molar-refractivity contribution < 1.29 is 23.7 Å². The van der Waals surface area contributed by atoms with Gasteiger partial charge in [0.15, 0.2) is 6.23 Å². The first-order valence-corrected chi connectivity index (χ1v) is 12.5. The molecule has 1 fully saturated rings. The molecule has 4 rings (SSSR count). The van der Waals surface area contributed by atoms with Gasteiger partial charge in [-0.2, -0.15) is 0 Å². The van der Waals surface area contributed by atoms with Gasteiger partial charge in [-0.25, -0.2) is 0 Å². The lowest BCUT2D eigenvalue weighted by molar-refractivity contribution is -0.231. The smallest absolute Gasteiger partial charge is 0.217 e. The van der Waals surface area contributed by atoms with Crippen LogP contribution in [0.25, 0.3) is 10.4 Å². The second-order valence-electron chi connectivity index (χ2n) is 9.02. The van der Waals surface area contributed by atoms with Crippen molar-refractivity contribution >= 4 is 5.91 Å². The monoisotopic (exact) mass is 516 g/mol. The maximum atomic E-state index is 12.2. The Balaban J connectivity index is 1.59. The van der Waals surface area contributed by atoms with Gasteiger partial charge in [-0.15, -0.1) is 0 Å². The number of hydrogen-bond acceptors (Lipinski definition) is 6. The molecule has 0 bridgehead atoms. The van der Waals surface area contributed by atoms with Crippen LogP contribution in [0, 0.1) is 0 Å². The highest BCUT2D eigenvalue weighted by molar-refractivity contribution is 5.73. The maximum Gasteiger partial charge on any atom is 0.217 e. The zero-order chi connectivity index (χ0) is 26.6. The first-order chi connectivity index (χ1) is 18.6. The average molecular weight is 517 g/mol. The molecule has 0 aliphatic carbocycles. The Morgan fingerprint density at radius 1 is 0.842 bits per heavy atom. The predicted molar refractivity (Wildman–Crippen MR) is 142 cm³/mol. The van der Waals surface area contributed by atoms with Gasteiger partial charge >= 0.3 is 0 Å². The summed E-state index contributed by atoms with van der Waals surface area (Å²) in [6.07, 6.45) is -2.94. The van der Waals surface area contributed by atoms with E-state index in [2.05, 4.69) is 15.3 Å². The Morgan fingerprint density at radius 3 is 1.84 bits per heavy atom. The number of carbonyl (C=O) groups excluding carboxylic acids is 1. The lowest BCUT2D eigenvalue weighted by atomic mass is 9.95. The van der Waals surface area contributed by atoms with Crippen molar-refractivity contribution in [1.29, 1.82) is 0 Å². The van der Waals surface area contributed by atoms with E-state index in [0.29, 0.717) is 13.2 Å². The summed E-state index contributed by atoms with van der Waals surface area (Å²) >= 11 is 0. The van der Waals surface area contributed by atoms with Crippen LogP contribution in [0.3, 0.4) is 0 Å². The van der Waals surface area contributed by atoms with Gasteiger partial charge in [-0.3, -0.25) is 4.79 Å². The van der Waals surface area contributed by atoms with Crippen molar-refractivity contribution in [2.75, 3.05) is 6.61 Å². The van der Waals surface area contributed by atoms with E-state index in [4.69, 9.17) is 18.9 Å². The summed E-state index contributed by atoms with van der Waals surface area (Å²) in [5.74, 6) is -0.300. The van der Waals surface area contributed by atoms with E-state index in [1.54, 1.807) is 0 Å². The summed E-state index contributed by atoms with van der Waals surface area (Å²) in [5.41, 5.74) is 12.2. The summed E-state index contributed by atoms with van der Waals surface area (Å²) in [5, 5.41) is 6.70. The zero-order valence-corrected chi connectivity index (χ0v) is 21.3. The van der Waals surface area contributed by atoms with Gasteiger partial charge in [0.25, 0.3) is 0 Å². The van der Waals surface area contributed by atoms with Crippen LogP contribution in [-0.2, 0) is 43.6 Å². The van der Waals surface area contributed by atoms with Crippen molar-refractivity contribution in [2.24, 2.45) is 5.11 Å². The largest absolute Gasteiger partial charge is 0.374 e. The van der Waals surface area contributed by atoms with Crippen molar-refractivity contribution in [2.45, 2.75) is 57.3 Å². The molecule has 1 heterocycles. The van der Waals surface area contributed by atoms with E-state index in [9.17, 15) is 10.3 Å². The molecule has 1 saturated heterocycles. The average Bonchev–Trinajstić information content (AvgIpc) is 2.94. The third-order valence-electron chi connectivity index (χ3n) is 6.17. The Morgan fingerprint density at radius 2 is 1.34 bits per heavy atom. The normalized spacial score (nSPS) is 22.8. The van der Waals surface area contributed by atoms with Crippen LogP contribution in [0.2, 0.25) is 0 Å². The van der Waals surface area contributed by atoms with Crippen LogP contribution >= 0.6 is 0 Å². The molecule has 0 aromatic heterocycles. The van der Waals surface area contributed by atoms with Gasteiger partial charge in [-0.1, -0.05) is 96.1 Å². The Kier molecular flexibility index (Phi) is 10.3. The molecule has 0 radical (unpaired) electrons. The molecule has 0 spiro atoms. The lowest BCUT2D eigenvalue weighted by Crippen LogP contribution is -2.64. The van der Waals surface area contributed by atoms with E-state index < -0.39 is 30.6 Å². The number of hydrogen-bond donors (Lipinski definition) is 1. The van der Waals surface area contributed by atoms with Crippen molar-refractivity contribution in [3.8, 4) is 0 Å². The number of ether oxygens (including phenoxy) is 4. The highest BCUT2D eigenvalue weighted by atomic mass is 16.6. The van der Waals surface area contributed by atoms with Crippen LogP contribution in [0.15, 0.2) is 96.1 Å². The van der Waals surface area contributed by atoms with Crippen molar-refractivity contribution in [1.82, 2.24) is 5.32 Å². The van der Waals surface area contributed by atoms with Crippen LogP contribution < -0.4 is 5.32 Å². The van der Waals surface area contributed by atoms with Gasteiger partial charge in [0, 0.05) is 11.8 Å². The summed E-state index contributed by atoms with van der Waals surface area (Å²) in [6, 6.07) is 28.5. The Hall–Kier alpha value is -3.72. The molecular weight excluding hydrogens is 484 g/mol. The van der Waals surface area contributed by atoms with E-state index >= 15 is 0 Å². The first-order valence-electron chi connectivity index (χ1n) is 12.5. The quantitative estimate of drug-likeness (QED) is 0.209. The molecule has 9 nitrogen and oxygen atoms in total.